The summed E-state index contributed by atoms with van der Waals surface area (Å²) in [6.45, 7) is 1.86. The second kappa shape index (κ2) is 5.04. The smallest absolute Gasteiger partial charge is 0.229 e. The van der Waals surface area contributed by atoms with Crippen LogP contribution in [0.1, 0.15) is 12.5 Å². The predicted octanol–water partition coefficient (Wildman–Crippen LogP) is 1.42. The van der Waals surface area contributed by atoms with Crippen LogP contribution in [0.25, 0.3) is 11.3 Å². The third-order valence-electron chi connectivity index (χ3n) is 2.78. The number of anilines is 1. The molecular weight excluding hydrogens is 282 g/mol. The number of sulfonamides is 1. The Hall–Kier alpha value is -2.22. The normalized spacial score (nSPS) is 11.5. The molecule has 0 fully saturated rings. The molecule has 0 saturated heterocycles. The Labute approximate surface area is 116 Å². The van der Waals surface area contributed by atoms with E-state index in [0.717, 1.165) is 6.26 Å². The molecule has 0 radical (unpaired) electrons. The molecule has 1 aromatic carbocycles. The van der Waals surface area contributed by atoms with Gasteiger partial charge in [-0.2, -0.15) is 5.10 Å². The molecule has 20 heavy (non-hydrogen) atoms. The van der Waals surface area contributed by atoms with E-state index in [1.54, 1.807) is 6.07 Å². The number of phenols is 2. The largest absolute Gasteiger partial charge is 0.508 e. The van der Waals surface area contributed by atoms with E-state index in [1.165, 1.54) is 12.3 Å². The lowest BCUT2D eigenvalue weighted by Gasteiger charge is -2.10. The van der Waals surface area contributed by atoms with Gasteiger partial charge in [0.1, 0.15) is 11.5 Å². The van der Waals surface area contributed by atoms with Crippen LogP contribution in [-0.2, 0) is 16.4 Å². The Morgan fingerprint density at radius 2 is 2.00 bits per heavy atom. The second-order valence-electron chi connectivity index (χ2n) is 4.38. The molecule has 7 nitrogen and oxygen atoms in total. The molecule has 0 unspecified atom stereocenters. The van der Waals surface area contributed by atoms with Gasteiger partial charge in [-0.1, -0.05) is 6.92 Å². The van der Waals surface area contributed by atoms with Gasteiger partial charge in [-0.15, -0.1) is 0 Å². The maximum Gasteiger partial charge on any atom is 0.229 e. The number of aryl methyl sites for hydroxylation is 1. The van der Waals surface area contributed by atoms with Crippen molar-refractivity contribution < 1.29 is 18.6 Å². The van der Waals surface area contributed by atoms with Crippen molar-refractivity contribution in [3.63, 3.8) is 0 Å². The monoisotopic (exact) mass is 297 g/mol. The van der Waals surface area contributed by atoms with Crippen LogP contribution in [0.2, 0.25) is 0 Å². The second-order valence-corrected chi connectivity index (χ2v) is 6.13. The predicted molar refractivity (Wildman–Crippen MR) is 75.2 cm³/mol. The maximum atomic E-state index is 11.3. The van der Waals surface area contributed by atoms with Gasteiger partial charge in [-0.3, -0.25) is 9.82 Å². The van der Waals surface area contributed by atoms with Crippen molar-refractivity contribution in [1.82, 2.24) is 10.2 Å². The number of aromatic hydroxyl groups is 2. The quantitative estimate of drug-likeness (QED) is 0.681. The summed E-state index contributed by atoms with van der Waals surface area (Å²) in [5, 5.41) is 26.0. The van der Waals surface area contributed by atoms with E-state index >= 15 is 0 Å². The fourth-order valence-corrected chi connectivity index (χ4v) is 2.43. The Balaban J connectivity index is 2.55. The average Bonchev–Trinajstić information content (AvgIpc) is 2.75. The number of nitrogens with zero attached hydrogens (tertiary/aromatic N) is 1. The first-order valence-corrected chi connectivity index (χ1v) is 7.77. The average molecular weight is 297 g/mol. The number of aromatic amines is 1. The van der Waals surface area contributed by atoms with Crippen LogP contribution in [-0.4, -0.2) is 35.1 Å². The molecule has 0 atom stereocenters. The molecule has 0 aliphatic rings. The van der Waals surface area contributed by atoms with Gasteiger partial charge in [-0.05, 0) is 18.1 Å². The van der Waals surface area contributed by atoms with Crippen LogP contribution in [0.15, 0.2) is 18.3 Å². The first-order chi connectivity index (χ1) is 9.31. The lowest BCUT2D eigenvalue weighted by molar-refractivity contribution is 0.447. The summed E-state index contributed by atoms with van der Waals surface area (Å²) in [5.74, 6) is -0.175. The molecule has 0 amide bonds. The van der Waals surface area contributed by atoms with Crippen molar-refractivity contribution in [2.24, 2.45) is 0 Å². The van der Waals surface area contributed by atoms with Crippen LogP contribution in [0, 0.1) is 0 Å². The zero-order valence-corrected chi connectivity index (χ0v) is 11.8. The SMILES string of the molecule is CCc1cc(-c2[nH]ncc2NS(C)(=O)=O)c(O)cc1O. The minimum Gasteiger partial charge on any atom is -0.508 e. The van der Waals surface area contributed by atoms with E-state index in [-0.39, 0.29) is 17.2 Å². The molecule has 8 heteroatoms. The van der Waals surface area contributed by atoms with E-state index in [2.05, 4.69) is 14.9 Å². The number of rotatable bonds is 4. The van der Waals surface area contributed by atoms with E-state index in [4.69, 9.17) is 0 Å². The molecule has 0 spiro atoms. The first kappa shape index (κ1) is 14.2. The maximum absolute atomic E-state index is 11.3. The fraction of sp³-hybridized carbons (Fsp3) is 0.250. The molecule has 2 aromatic rings. The van der Waals surface area contributed by atoms with Crippen LogP contribution in [0.3, 0.4) is 0 Å². The Morgan fingerprint density at radius 3 is 2.60 bits per heavy atom. The Kier molecular flexibility index (Phi) is 3.58. The van der Waals surface area contributed by atoms with Gasteiger partial charge >= 0.3 is 0 Å². The highest BCUT2D eigenvalue weighted by Crippen LogP contribution is 2.37. The van der Waals surface area contributed by atoms with Crippen molar-refractivity contribution in [3.05, 3.63) is 23.9 Å². The third kappa shape index (κ3) is 2.85. The van der Waals surface area contributed by atoms with E-state index < -0.39 is 10.0 Å². The van der Waals surface area contributed by atoms with E-state index in [1.807, 2.05) is 6.92 Å². The number of phenolic OH excluding ortho intramolecular Hbond substituents is 2. The van der Waals surface area contributed by atoms with Crippen LogP contribution >= 0.6 is 0 Å². The molecule has 1 aromatic heterocycles. The molecule has 4 N–H and O–H groups in total. The van der Waals surface area contributed by atoms with Crippen molar-refractivity contribution in [3.8, 4) is 22.8 Å². The van der Waals surface area contributed by atoms with Gasteiger partial charge in [-0.25, -0.2) is 8.42 Å². The number of aromatic nitrogens is 2. The lowest BCUT2D eigenvalue weighted by atomic mass is 10.0. The van der Waals surface area contributed by atoms with E-state index in [9.17, 15) is 18.6 Å². The van der Waals surface area contributed by atoms with Crippen LogP contribution in [0.5, 0.6) is 11.5 Å². The Bertz CT molecular complexity index is 737. The van der Waals surface area contributed by atoms with Crippen molar-refractivity contribution in [2.45, 2.75) is 13.3 Å². The van der Waals surface area contributed by atoms with Gasteiger partial charge in [0, 0.05) is 11.6 Å². The molecular formula is C12H15N3O4S. The topological polar surface area (TPSA) is 115 Å². The summed E-state index contributed by atoms with van der Waals surface area (Å²) < 4.78 is 24.9. The third-order valence-corrected chi connectivity index (χ3v) is 3.37. The van der Waals surface area contributed by atoms with Crippen molar-refractivity contribution >= 4 is 15.7 Å². The minimum absolute atomic E-state index is 0.00844. The number of nitrogens with one attached hydrogen (secondary N) is 2. The fourth-order valence-electron chi connectivity index (χ4n) is 1.87. The van der Waals surface area contributed by atoms with Crippen LogP contribution < -0.4 is 4.72 Å². The minimum atomic E-state index is -3.46. The molecule has 0 saturated carbocycles. The van der Waals surface area contributed by atoms with Crippen LogP contribution in [0.4, 0.5) is 5.69 Å². The first-order valence-electron chi connectivity index (χ1n) is 5.88. The summed E-state index contributed by atoms with van der Waals surface area (Å²) in [5.41, 5.74) is 1.57. The van der Waals surface area contributed by atoms with Gasteiger partial charge in [0.15, 0.2) is 0 Å². The summed E-state index contributed by atoms with van der Waals surface area (Å²) >= 11 is 0. The highest BCUT2D eigenvalue weighted by atomic mass is 32.2. The van der Waals surface area contributed by atoms with Gasteiger partial charge < -0.3 is 10.2 Å². The standard InChI is InChI=1S/C12H15N3O4S/c1-3-7-4-8(11(17)5-10(7)16)12-9(6-13-14-12)15-20(2,18)19/h4-6,15-17H,3H2,1-2H3,(H,13,14). The molecule has 0 bridgehead atoms. The van der Waals surface area contributed by atoms with Gasteiger partial charge in [0.25, 0.3) is 0 Å². The summed E-state index contributed by atoms with van der Waals surface area (Å²) in [4.78, 5) is 0. The van der Waals surface area contributed by atoms with Crippen molar-refractivity contribution in [1.29, 1.82) is 0 Å². The summed E-state index contributed by atoms with van der Waals surface area (Å²) in [6, 6.07) is 2.81. The molecule has 1 heterocycles. The Morgan fingerprint density at radius 1 is 1.30 bits per heavy atom. The highest BCUT2D eigenvalue weighted by Gasteiger charge is 2.16. The number of H-pyrrole nitrogens is 1. The summed E-state index contributed by atoms with van der Waals surface area (Å²) in [7, 11) is -3.46. The van der Waals surface area contributed by atoms with Crippen molar-refractivity contribution in [2.75, 3.05) is 11.0 Å². The van der Waals surface area contributed by atoms with E-state index in [0.29, 0.717) is 23.2 Å². The zero-order valence-electron chi connectivity index (χ0n) is 11.0. The highest BCUT2D eigenvalue weighted by molar-refractivity contribution is 7.92. The zero-order chi connectivity index (χ0) is 14.9. The lowest BCUT2D eigenvalue weighted by Crippen LogP contribution is -2.09. The van der Waals surface area contributed by atoms with Gasteiger partial charge in [0.05, 0.1) is 23.8 Å². The molecule has 0 aliphatic carbocycles. The molecule has 2 rings (SSSR count). The molecule has 108 valence electrons. The van der Waals surface area contributed by atoms with Gasteiger partial charge in [0.2, 0.25) is 10.0 Å². The summed E-state index contributed by atoms with van der Waals surface area (Å²) in [6.07, 6.45) is 2.91. The number of hydrogen-bond acceptors (Lipinski definition) is 5. The number of benzene rings is 1. The molecule has 0 aliphatic heterocycles. The number of hydrogen-bond donors (Lipinski definition) is 4.